The highest BCUT2D eigenvalue weighted by molar-refractivity contribution is 4.87. The lowest BCUT2D eigenvalue weighted by molar-refractivity contribution is -0.0749. The normalized spacial score (nSPS) is 29.2. The molecule has 0 spiro atoms. The first-order chi connectivity index (χ1) is 8.63. The van der Waals surface area contributed by atoms with Crippen LogP contribution in [0.3, 0.4) is 0 Å². The second-order valence-electron chi connectivity index (χ2n) is 5.61. The molecule has 1 aliphatic rings. The summed E-state index contributed by atoms with van der Waals surface area (Å²) in [6.45, 7) is 14.4. The fourth-order valence-electron chi connectivity index (χ4n) is 2.94. The second-order valence-corrected chi connectivity index (χ2v) is 5.61. The van der Waals surface area contributed by atoms with Gasteiger partial charge in [-0.05, 0) is 39.7 Å². The molecule has 1 rings (SSSR count). The molecular formula is C15H32N2O. The van der Waals surface area contributed by atoms with Crippen LogP contribution in [-0.4, -0.2) is 48.8 Å². The molecule has 0 aliphatic carbocycles. The Labute approximate surface area is 113 Å². The average molecular weight is 256 g/mol. The third-order valence-corrected chi connectivity index (χ3v) is 4.18. The highest BCUT2D eigenvalue weighted by Gasteiger charge is 2.32. The Morgan fingerprint density at radius 3 is 2.61 bits per heavy atom. The fourth-order valence-corrected chi connectivity index (χ4v) is 2.94. The summed E-state index contributed by atoms with van der Waals surface area (Å²) in [5.74, 6) is 0. The monoisotopic (exact) mass is 256 g/mol. The van der Waals surface area contributed by atoms with Gasteiger partial charge in [-0.2, -0.15) is 0 Å². The lowest BCUT2D eigenvalue weighted by Gasteiger charge is -2.44. The maximum atomic E-state index is 5.79. The quantitative estimate of drug-likeness (QED) is 0.758. The summed E-state index contributed by atoms with van der Waals surface area (Å²) in [5.41, 5.74) is 0. The number of hydrogen-bond acceptors (Lipinski definition) is 3. The molecule has 0 radical (unpaired) electrons. The number of nitrogens with zero attached hydrogens (tertiary/aromatic N) is 1. The van der Waals surface area contributed by atoms with Gasteiger partial charge < -0.3 is 10.1 Å². The van der Waals surface area contributed by atoms with Gasteiger partial charge in [-0.15, -0.1) is 0 Å². The third kappa shape index (κ3) is 4.22. The van der Waals surface area contributed by atoms with Crippen molar-refractivity contribution in [2.75, 3.05) is 19.7 Å². The van der Waals surface area contributed by atoms with E-state index in [4.69, 9.17) is 4.74 Å². The maximum Gasteiger partial charge on any atom is 0.0674 e. The van der Waals surface area contributed by atoms with Gasteiger partial charge in [0.1, 0.15) is 0 Å². The van der Waals surface area contributed by atoms with E-state index in [0.29, 0.717) is 24.2 Å². The lowest BCUT2D eigenvalue weighted by atomic mass is 10.0. The molecule has 1 heterocycles. The summed E-state index contributed by atoms with van der Waals surface area (Å²) in [6, 6.07) is 1.79. The number of morpholine rings is 1. The van der Waals surface area contributed by atoms with E-state index in [1.165, 1.54) is 19.3 Å². The summed E-state index contributed by atoms with van der Waals surface area (Å²) >= 11 is 0. The van der Waals surface area contributed by atoms with Gasteiger partial charge >= 0.3 is 0 Å². The van der Waals surface area contributed by atoms with Crippen molar-refractivity contribution in [3.63, 3.8) is 0 Å². The van der Waals surface area contributed by atoms with Crippen molar-refractivity contribution < 1.29 is 4.74 Å². The molecule has 1 N–H and O–H groups in total. The van der Waals surface area contributed by atoms with Crippen LogP contribution < -0.4 is 5.32 Å². The standard InChI is InChI=1S/C15H32N2O/c1-6-9-16-15(8-3)13(5)17-10-12(4)18-11-14(17)7-2/h12-16H,6-11H2,1-5H3. The van der Waals surface area contributed by atoms with Crippen LogP contribution in [0.4, 0.5) is 0 Å². The Balaban J connectivity index is 2.61. The summed E-state index contributed by atoms with van der Waals surface area (Å²) in [6.07, 6.45) is 3.96. The van der Waals surface area contributed by atoms with Crippen LogP contribution >= 0.6 is 0 Å². The molecule has 3 nitrogen and oxygen atoms in total. The first-order valence-electron chi connectivity index (χ1n) is 7.74. The summed E-state index contributed by atoms with van der Waals surface area (Å²) < 4.78 is 5.79. The molecule has 1 saturated heterocycles. The number of ether oxygens (including phenoxy) is 1. The fraction of sp³-hybridized carbons (Fsp3) is 1.00. The highest BCUT2D eigenvalue weighted by Crippen LogP contribution is 2.20. The van der Waals surface area contributed by atoms with Gasteiger partial charge in [0.2, 0.25) is 0 Å². The van der Waals surface area contributed by atoms with Gasteiger partial charge in [0.05, 0.1) is 12.7 Å². The van der Waals surface area contributed by atoms with Gasteiger partial charge in [0.25, 0.3) is 0 Å². The summed E-state index contributed by atoms with van der Waals surface area (Å²) in [7, 11) is 0. The van der Waals surface area contributed by atoms with E-state index in [0.717, 1.165) is 19.7 Å². The molecule has 18 heavy (non-hydrogen) atoms. The van der Waals surface area contributed by atoms with Crippen LogP contribution in [0.1, 0.15) is 53.9 Å². The zero-order chi connectivity index (χ0) is 13.5. The Kier molecular flexibility index (Phi) is 7.20. The van der Waals surface area contributed by atoms with E-state index < -0.39 is 0 Å². The SMILES string of the molecule is CCCNC(CC)C(C)N1CC(C)OCC1CC. The number of hydrogen-bond donors (Lipinski definition) is 1. The average Bonchev–Trinajstić information content (AvgIpc) is 2.39. The largest absolute Gasteiger partial charge is 0.376 e. The molecule has 1 aliphatic heterocycles. The van der Waals surface area contributed by atoms with Gasteiger partial charge in [0.15, 0.2) is 0 Å². The van der Waals surface area contributed by atoms with Crippen LogP contribution in [0, 0.1) is 0 Å². The first-order valence-corrected chi connectivity index (χ1v) is 7.74. The van der Waals surface area contributed by atoms with E-state index in [1.807, 2.05) is 0 Å². The smallest absolute Gasteiger partial charge is 0.0674 e. The van der Waals surface area contributed by atoms with Crippen molar-refractivity contribution in [3.8, 4) is 0 Å². The van der Waals surface area contributed by atoms with Crippen LogP contribution in [0.25, 0.3) is 0 Å². The molecular weight excluding hydrogens is 224 g/mol. The summed E-state index contributed by atoms with van der Waals surface area (Å²) in [5, 5.41) is 3.69. The molecule has 0 aromatic carbocycles. The number of nitrogens with one attached hydrogen (secondary N) is 1. The molecule has 0 saturated carbocycles. The molecule has 4 unspecified atom stereocenters. The Bertz CT molecular complexity index is 223. The Morgan fingerprint density at radius 1 is 1.33 bits per heavy atom. The van der Waals surface area contributed by atoms with Crippen molar-refractivity contribution in [2.24, 2.45) is 0 Å². The highest BCUT2D eigenvalue weighted by atomic mass is 16.5. The zero-order valence-electron chi connectivity index (χ0n) is 12.9. The molecule has 108 valence electrons. The zero-order valence-corrected chi connectivity index (χ0v) is 12.9. The molecule has 4 atom stereocenters. The van der Waals surface area contributed by atoms with Crippen LogP contribution in [-0.2, 0) is 4.74 Å². The molecule has 1 fully saturated rings. The molecule has 0 bridgehead atoms. The predicted octanol–water partition coefficient (Wildman–Crippen LogP) is 2.65. The van der Waals surface area contributed by atoms with Crippen molar-refractivity contribution in [2.45, 2.75) is 78.1 Å². The lowest BCUT2D eigenvalue weighted by Crippen LogP contribution is -2.58. The summed E-state index contributed by atoms with van der Waals surface area (Å²) in [4.78, 5) is 2.66. The maximum absolute atomic E-state index is 5.79. The second kappa shape index (κ2) is 8.13. The Hall–Kier alpha value is -0.120. The van der Waals surface area contributed by atoms with Crippen molar-refractivity contribution >= 4 is 0 Å². The van der Waals surface area contributed by atoms with E-state index in [-0.39, 0.29) is 0 Å². The van der Waals surface area contributed by atoms with Crippen molar-refractivity contribution in [3.05, 3.63) is 0 Å². The Morgan fingerprint density at radius 2 is 2.06 bits per heavy atom. The van der Waals surface area contributed by atoms with Crippen LogP contribution in [0.15, 0.2) is 0 Å². The third-order valence-electron chi connectivity index (χ3n) is 4.18. The van der Waals surface area contributed by atoms with Crippen molar-refractivity contribution in [1.82, 2.24) is 10.2 Å². The minimum Gasteiger partial charge on any atom is -0.376 e. The van der Waals surface area contributed by atoms with Crippen LogP contribution in [0.2, 0.25) is 0 Å². The van der Waals surface area contributed by atoms with E-state index in [9.17, 15) is 0 Å². The number of rotatable bonds is 7. The minimum atomic E-state index is 0.374. The van der Waals surface area contributed by atoms with Gasteiger partial charge in [-0.1, -0.05) is 20.8 Å². The van der Waals surface area contributed by atoms with Gasteiger partial charge in [0, 0.05) is 24.7 Å². The van der Waals surface area contributed by atoms with E-state index >= 15 is 0 Å². The minimum absolute atomic E-state index is 0.374. The molecule has 0 aromatic heterocycles. The van der Waals surface area contributed by atoms with E-state index in [1.54, 1.807) is 0 Å². The molecule has 0 amide bonds. The van der Waals surface area contributed by atoms with E-state index in [2.05, 4.69) is 44.8 Å². The first kappa shape index (κ1) is 15.9. The molecule has 3 heteroatoms. The predicted molar refractivity (Wildman–Crippen MR) is 78.0 cm³/mol. The van der Waals surface area contributed by atoms with Crippen LogP contribution in [0.5, 0.6) is 0 Å². The molecule has 0 aromatic rings. The van der Waals surface area contributed by atoms with Gasteiger partial charge in [-0.25, -0.2) is 0 Å². The van der Waals surface area contributed by atoms with Crippen molar-refractivity contribution in [1.29, 1.82) is 0 Å². The van der Waals surface area contributed by atoms with Gasteiger partial charge in [-0.3, -0.25) is 4.90 Å². The topological polar surface area (TPSA) is 24.5 Å².